The molecule has 0 aliphatic carbocycles. The Kier molecular flexibility index (Phi) is 5.26. The summed E-state index contributed by atoms with van der Waals surface area (Å²) in [6.45, 7) is 14.0. The summed E-state index contributed by atoms with van der Waals surface area (Å²) in [6, 6.07) is 1.42. The summed E-state index contributed by atoms with van der Waals surface area (Å²) >= 11 is 0. The van der Waals surface area contributed by atoms with Crippen LogP contribution in [0.25, 0.3) is 0 Å². The highest BCUT2D eigenvalue weighted by Crippen LogP contribution is 2.25. The van der Waals surface area contributed by atoms with Crippen molar-refractivity contribution in [1.29, 1.82) is 0 Å². The van der Waals surface area contributed by atoms with Crippen molar-refractivity contribution in [3.8, 4) is 0 Å². The zero-order valence-corrected chi connectivity index (χ0v) is 11.8. The molecule has 16 heavy (non-hydrogen) atoms. The highest BCUT2D eigenvalue weighted by molar-refractivity contribution is 4.96. The van der Waals surface area contributed by atoms with E-state index in [9.17, 15) is 0 Å². The molecule has 2 nitrogen and oxygen atoms in total. The maximum Gasteiger partial charge on any atom is 0.0304 e. The molecular formula is C14H30N2. The summed E-state index contributed by atoms with van der Waals surface area (Å²) in [6.07, 6.45) is 5.11. The molecule has 0 bridgehead atoms. The van der Waals surface area contributed by atoms with Gasteiger partial charge >= 0.3 is 0 Å². The van der Waals surface area contributed by atoms with Crippen LogP contribution in [0, 0.1) is 0 Å². The van der Waals surface area contributed by atoms with Gasteiger partial charge in [-0.1, -0.05) is 27.2 Å². The van der Waals surface area contributed by atoms with E-state index in [4.69, 9.17) is 0 Å². The van der Waals surface area contributed by atoms with Gasteiger partial charge in [0.25, 0.3) is 0 Å². The van der Waals surface area contributed by atoms with Crippen LogP contribution in [-0.4, -0.2) is 35.6 Å². The monoisotopic (exact) mass is 226 g/mol. The van der Waals surface area contributed by atoms with Crippen LogP contribution in [0.4, 0.5) is 0 Å². The SMILES string of the molecule is CCCC(C)N1CC(CC)(CC)NCC1C. The fraction of sp³-hybridized carbons (Fsp3) is 1.00. The van der Waals surface area contributed by atoms with E-state index in [1.807, 2.05) is 0 Å². The number of hydrogen-bond donors (Lipinski definition) is 1. The zero-order chi connectivity index (χ0) is 12.2. The summed E-state index contributed by atoms with van der Waals surface area (Å²) in [5.74, 6) is 0. The standard InChI is InChI=1S/C14H30N2/c1-6-9-12(4)16-11-14(7-2,8-3)15-10-13(16)5/h12-13,15H,6-11H2,1-5H3. The van der Waals surface area contributed by atoms with Crippen LogP contribution in [0.1, 0.15) is 60.3 Å². The van der Waals surface area contributed by atoms with Crippen LogP contribution in [-0.2, 0) is 0 Å². The van der Waals surface area contributed by atoms with Crippen molar-refractivity contribution in [1.82, 2.24) is 10.2 Å². The van der Waals surface area contributed by atoms with E-state index in [2.05, 4.69) is 44.8 Å². The first kappa shape index (κ1) is 14.0. The lowest BCUT2D eigenvalue weighted by Crippen LogP contribution is -2.64. The molecule has 2 unspecified atom stereocenters. The molecular weight excluding hydrogens is 196 g/mol. The van der Waals surface area contributed by atoms with Gasteiger partial charge < -0.3 is 5.32 Å². The number of piperazine rings is 1. The third-order valence-corrected chi connectivity index (χ3v) is 4.45. The van der Waals surface area contributed by atoms with Crippen LogP contribution in [0.15, 0.2) is 0 Å². The Morgan fingerprint density at radius 1 is 1.31 bits per heavy atom. The Morgan fingerprint density at radius 2 is 1.94 bits per heavy atom. The Bertz CT molecular complexity index is 199. The van der Waals surface area contributed by atoms with Crippen LogP contribution in [0.3, 0.4) is 0 Å². The second-order valence-corrected chi connectivity index (χ2v) is 5.53. The van der Waals surface area contributed by atoms with Gasteiger partial charge in [0.2, 0.25) is 0 Å². The second-order valence-electron chi connectivity index (χ2n) is 5.53. The van der Waals surface area contributed by atoms with Gasteiger partial charge in [-0.25, -0.2) is 0 Å². The van der Waals surface area contributed by atoms with Crippen molar-refractivity contribution in [2.75, 3.05) is 13.1 Å². The van der Waals surface area contributed by atoms with Crippen molar-refractivity contribution in [3.63, 3.8) is 0 Å². The van der Waals surface area contributed by atoms with E-state index in [0.29, 0.717) is 11.6 Å². The van der Waals surface area contributed by atoms with Gasteiger partial charge in [-0.15, -0.1) is 0 Å². The van der Waals surface area contributed by atoms with Gasteiger partial charge in [-0.2, -0.15) is 0 Å². The van der Waals surface area contributed by atoms with Crippen molar-refractivity contribution in [3.05, 3.63) is 0 Å². The molecule has 1 saturated heterocycles. The molecule has 1 N–H and O–H groups in total. The Balaban J connectivity index is 2.67. The van der Waals surface area contributed by atoms with Crippen molar-refractivity contribution >= 4 is 0 Å². The lowest BCUT2D eigenvalue weighted by molar-refractivity contribution is 0.0469. The van der Waals surface area contributed by atoms with E-state index in [1.54, 1.807) is 0 Å². The van der Waals surface area contributed by atoms with Crippen LogP contribution < -0.4 is 5.32 Å². The van der Waals surface area contributed by atoms with Gasteiger partial charge in [-0.3, -0.25) is 4.90 Å². The van der Waals surface area contributed by atoms with E-state index < -0.39 is 0 Å². The molecule has 0 aromatic rings. The van der Waals surface area contributed by atoms with E-state index in [0.717, 1.165) is 12.6 Å². The molecule has 96 valence electrons. The lowest BCUT2D eigenvalue weighted by Gasteiger charge is -2.49. The maximum absolute atomic E-state index is 3.77. The van der Waals surface area contributed by atoms with Crippen molar-refractivity contribution in [2.45, 2.75) is 77.9 Å². The Morgan fingerprint density at radius 3 is 2.44 bits per heavy atom. The predicted molar refractivity (Wildman–Crippen MR) is 71.9 cm³/mol. The van der Waals surface area contributed by atoms with Gasteiger partial charge in [0.15, 0.2) is 0 Å². The first-order valence-corrected chi connectivity index (χ1v) is 7.09. The molecule has 2 heteroatoms. The topological polar surface area (TPSA) is 15.3 Å². The molecule has 1 fully saturated rings. The van der Waals surface area contributed by atoms with Crippen LogP contribution >= 0.6 is 0 Å². The zero-order valence-electron chi connectivity index (χ0n) is 11.8. The minimum atomic E-state index is 0.370. The predicted octanol–water partition coefficient (Wildman–Crippen LogP) is 3.03. The number of nitrogens with one attached hydrogen (secondary N) is 1. The third kappa shape index (κ3) is 2.98. The van der Waals surface area contributed by atoms with Crippen LogP contribution in [0.5, 0.6) is 0 Å². The molecule has 0 aromatic heterocycles. The average Bonchev–Trinajstić information content (AvgIpc) is 2.30. The number of rotatable bonds is 5. The molecule has 2 atom stereocenters. The van der Waals surface area contributed by atoms with E-state index in [-0.39, 0.29) is 0 Å². The molecule has 1 rings (SSSR count). The molecule has 0 spiro atoms. The van der Waals surface area contributed by atoms with Gasteiger partial charge in [0.05, 0.1) is 0 Å². The fourth-order valence-corrected chi connectivity index (χ4v) is 2.94. The molecule has 0 radical (unpaired) electrons. The molecule has 1 aliphatic rings. The van der Waals surface area contributed by atoms with E-state index in [1.165, 1.54) is 32.2 Å². The maximum atomic E-state index is 3.77. The highest BCUT2D eigenvalue weighted by Gasteiger charge is 2.36. The van der Waals surface area contributed by atoms with Crippen molar-refractivity contribution in [2.24, 2.45) is 0 Å². The first-order valence-electron chi connectivity index (χ1n) is 7.09. The largest absolute Gasteiger partial charge is 0.308 e. The number of hydrogen-bond acceptors (Lipinski definition) is 2. The molecule has 1 heterocycles. The Labute approximate surface area is 102 Å². The first-order chi connectivity index (χ1) is 7.58. The van der Waals surface area contributed by atoms with Gasteiger partial charge in [0.1, 0.15) is 0 Å². The van der Waals surface area contributed by atoms with E-state index >= 15 is 0 Å². The summed E-state index contributed by atoms with van der Waals surface area (Å²) in [5.41, 5.74) is 0.370. The smallest absolute Gasteiger partial charge is 0.0304 e. The molecule has 0 saturated carbocycles. The average molecular weight is 226 g/mol. The summed E-state index contributed by atoms with van der Waals surface area (Å²) < 4.78 is 0. The third-order valence-electron chi connectivity index (χ3n) is 4.45. The minimum absolute atomic E-state index is 0.370. The minimum Gasteiger partial charge on any atom is -0.308 e. The number of nitrogens with zero attached hydrogens (tertiary/aromatic N) is 1. The normalized spacial score (nSPS) is 27.9. The second kappa shape index (κ2) is 6.02. The van der Waals surface area contributed by atoms with Gasteiger partial charge in [-0.05, 0) is 33.1 Å². The summed E-state index contributed by atoms with van der Waals surface area (Å²) in [5, 5.41) is 3.77. The molecule has 0 amide bonds. The lowest BCUT2D eigenvalue weighted by atomic mass is 9.87. The summed E-state index contributed by atoms with van der Waals surface area (Å²) in [4.78, 5) is 2.72. The van der Waals surface area contributed by atoms with Gasteiger partial charge in [0, 0.05) is 30.7 Å². The van der Waals surface area contributed by atoms with Crippen molar-refractivity contribution < 1.29 is 0 Å². The molecule has 1 aliphatic heterocycles. The fourth-order valence-electron chi connectivity index (χ4n) is 2.94. The summed E-state index contributed by atoms with van der Waals surface area (Å²) in [7, 11) is 0. The molecule has 0 aromatic carbocycles. The highest BCUT2D eigenvalue weighted by atomic mass is 15.3. The quantitative estimate of drug-likeness (QED) is 0.775. The van der Waals surface area contributed by atoms with Crippen LogP contribution in [0.2, 0.25) is 0 Å². The Hall–Kier alpha value is -0.0800.